The van der Waals surface area contributed by atoms with Gasteiger partial charge < -0.3 is 10.6 Å². The first-order valence-electron chi connectivity index (χ1n) is 7.57. The van der Waals surface area contributed by atoms with Gasteiger partial charge in [-0.25, -0.2) is 0 Å². The van der Waals surface area contributed by atoms with E-state index in [-0.39, 0.29) is 5.91 Å². The summed E-state index contributed by atoms with van der Waals surface area (Å²) in [6.07, 6.45) is 7.32. The number of hydrogen-bond donors (Lipinski definition) is 2. The second-order valence-corrected chi connectivity index (χ2v) is 5.49. The lowest BCUT2D eigenvalue weighted by atomic mass is 10.1. The highest BCUT2D eigenvalue weighted by Crippen LogP contribution is 2.16. The van der Waals surface area contributed by atoms with Gasteiger partial charge in [0.25, 0.3) is 5.91 Å². The van der Waals surface area contributed by atoms with Crippen LogP contribution in [0.4, 0.5) is 0 Å². The van der Waals surface area contributed by atoms with E-state index >= 15 is 0 Å². The maximum absolute atomic E-state index is 11.7. The van der Waals surface area contributed by atoms with E-state index in [1.807, 2.05) is 0 Å². The largest absolute Gasteiger partial charge is 0.343 e. The van der Waals surface area contributed by atoms with Crippen molar-refractivity contribution in [2.24, 2.45) is 0 Å². The summed E-state index contributed by atoms with van der Waals surface area (Å²) in [5.74, 6) is 5.64. The van der Waals surface area contributed by atoms with Crippen LogP contribution in [0.5, 0.6) is 0 Å². The van der Waals surface area contributed by atoms with E-state index in [0.717, 1.165) is 39.0 Å². The van der Waals surface area contributed by atoms with E-state index in [9.17, 15) is 4.79 Å². The van der Waals surface area contributed by atoms with Gasteiger partial charge in [-0.15, -0.1) is 0 Å². The third kappa shape index (κ3) is 5.63. The van der Waals surface area contributed by atoms with Crippen molar-refractivity contribution in [3.8, 4) is 11.8 Å². The monoisotopic (exact) mass is 263 g/mol. The fourth-order valence-corrected chi connectivity index (χ4v) is 2.75. The van der Waals surface area contributed by atoms with Gasteiger partial charge in [-0.3, -0.25) is 9.69 Å². The van der Waals surface area contributed by atoms with Gasteiger partial charge >= 0.3 is 0 Å². The van der Waals surface area contributed by atoms with Gasteiger partial charge in [-0.05, 0) is 18.8 Å². The highest BCUT2D eigenvalue weighted by molar-refractivity contribution is 5.93. The molecule has 1 amide bonds. The van der Waals surface area contributed by atoms with Crippen LogP contribution in [0.1, 0.15) is 38.5 Å². The number of piperazine rings is 1. The number of nitrogens with zero attached hydrogens (tertiary/aromatic N) is 1. The van der Waals surface area contributed by atoms with Crippen molar-refractivity contribution < 1.29 is 4.79 Å². The first-order valence-corrected chi connectivity index (χ1v) is 7.57. The zero-order chi connectivity index (χ0) is 13.3. The predicted molar refractivity (Wildman–Crippen MR) is 76.7 cm³/mol. The summed E-state index contributed by atoms with van der Waals surface area (Å²) >= 11 is 0. The maximum Gasteiger partial charge on any atom is 0.296 e. The van der Waals surface area contributed by atoms with Crippen molar-refractivity contribution in [2.75, 3.05) is 32.7 Å². The molecule has 2 rings (SSSR count). The van der Waals surface area contributed by atoms with Crippen molar-refractivity contribution in [3.63, 3.8) is 0 Å². The quantitative estimate of drug-likeness (QED) is 0.570. The number of nitrogens with one attached hydrogen (secondary N) is 2. The molecule has 0 atom stereocenters. The van der Waals surface area contributed by atoms with Crippen LogP contribution >= 0.6 is 0 Å². The lowest BCUT2D eigenvalue weighted by molar-refractivity contribution is -0.116. The Morgan fingerprint density at radius 2 is 1.84 bits per heavy atom. The first-order chi connectivity index (χ1) is 9.34. The SMILES string of the molecule is O=C(C#CCN1CCNCC1)NC1CCCCCC1. The second kappa shape index (κ2) is 8.19. The molecule has 2 N–H and O–H groups in total. The number of hydrogen-bond acceptors (Lipinski definition) is 3. The summed E-state index contributed by atoms with van der Waals surface area (Å²) in [5, 5.41) is 6.36. The average Bonchev–Trinajstić information content (AvgIpc) is 2.68. The summed E-state index contributed by atoms with van der Waals surface area (Å²) in [4.78, 5) is 14.0. The van der Waals surface area contributed by atoms with Crippen LogP contribution in [0, 0.1) is 11.8 Å². The summed E-state index contributed by atoms with van der Waals surface area (Å²) in [7, 11) is 0. The van der Waals surface area contributed by atoms with Crippen molar-refractivity contribution in [3.05, 3.63) is 0 Å². The second-order valence-electron chi connectivity index (χ2n) is 5.49. The van der Waals surface area contributed by atoms with Crippen molar-refractivity contribution >= 4 is 5.91 Å². The van der Waals surface area contributed by atoms with Crippen molar-refractivity contribution in [2.45, 2.75) is 44.6 Å². The Balaban J connectivity index is 1.68. The van der Waals surface area contributed by atoms with Crippen LogP contribution in [-0.4, -0.2) is 49.6 Å². The minimum atomic E-state index is -0.0953. The Labute approximate surface area is 116 Å². The van der Waals surface area contributed by atoms with Gasteiger partial charge in [0.05, 0.1) is 6.54 Å². The molecule has 1 aliphatic carbocycles. The van der Waals surface area contributed by atoms with Gasteiger partial charge in [0, 0.05) is 32.2 Å². The van der Waals surface area contributed by atoms with E-state index in [0.29, 0.717) is 12.6 Å². The van der Waals surface area contributed by atoms with Crippen LogP contribution in [-0.2, 0) is 4.79 Å². The molecule has 1 heterocycles. The Hall–Kier alpha value is -1.05. The van der Waals surface area contributed by atoms with Crippen LogP contribution in [0.15, 0.2) is 0 Å². The standard InChI is InChI=1S/C15H25N3O/c19-15(17-14-6-3-1-2-4-7-14)8-5-11-18-12-9-16-10-13-18/h14,16H,1-4,6-7,9-13H2,(H,17,19). The molecule has 1 saturated carbocycles. The zero-order valence-electron chi connectivity index (χ0n) is 11.7. The van der Waals surface area contributed by atoms with Crippen LogP contribution in [0.25, 0.3) is 0 Å². The third-order valence-corrected chi connectivity index (χ3v) is 3.90. The number of carbonyl (C=O) groups excluding carboxylic acids is 1. The summed E-state index contributed by atoms with van der Waals surface area (Å²) in [5.41, 5.74) is 0. The van der Waals surface area contributed by atoms with E-state index < -0.39 is 0 Å². The van der Waals surface area contributed by atoms with Crippen molar-refractivity contribution in [1.82, 2.24) is 15.5 Å². The number of amides is 1. The molecule has 0 aromatic heterocycles. The smallest absolute Gasteiger partial charge is 0.296 e. The molecule has 1 aliphatic heterocycles. The Kier molecular flexibility index (Phi) is 6.19. The minimum Gasteiger partial charge on any atom is -0.343 e. The number of rotatable bonds is 2. The third-order valence-electron chi connectivity index (χ3n) is 3.90. The molecule has 2 aliphatic rings. The molecule has 19 heavy (non-hydrogen) atoms. The van der Waals surface area contributed by atoms with E-state index in [2.05, 4.69) is 27.4 Å². The van der Waals surface area contributed by atoms with Gasteiger partial charge in [0.15, 0.2) is 0 Å². The molecule has 0 aromatic carbocycles. The van der Waals surface area contributed by atoms with Gasteiger partial charge in [-0.2, -0.15) is 0 Å². The summed E-state index contributed by atoms with van der Waals surface area (Å²) < 4.78 is 0. The Morgan fingerprint density at radius 3 is 2.53 bits per heavy atom. The molecular formula is C15H25N3O. The molecule has 0 spiro atoms. The van der Waals surface area contributed by atoms with Crippen LogP contribution in [0.2, 0.25) is 0 Å². The highest BCUT2D eigenvalue weighted by atomic mass is 16.1. The highest BCUT2D eigenvalue weighted by Gasteiger charge is 2.13. The molecule has 4 nitrogen and oxygen atoms in total. The fourth-order valence-electron chi connectivity index (χ4n) is 2.75. The molecule has 0 bridgehead atoms. The molecule has 2 fully saturated rings. The summed E-state index contributed by atoms with van der Waals surface area (Å²) in [6.45, 7) is 4.81. The lowest BCUT2D eigenvalue weighted by Gasteiger charge is -2.24. The topological polar surface area (TPSA) is 44.4 Å². The van der Waals surface area contributed by atoms with Gasteiger partial charge in [0.2, 0.25) is 0 Å². The predicted octanol–water partition coefficient (Wildman–Crippen LogP) is 0.734. The summed E-state index contributed by atoms with van der Waals surface area (Å²) in [6, 6.07) is 0.350. The van der Waals surface area contributed by atoms with Crippen LogP contribution in [0.3, 0.4) is 0 Å². The molecule has 106 valence electrons. The van der Waals surface area contributed by atoms with Gasteiger partial charge in [-0.1, -0.05) is 31.6 Å². The maximum atomic E-state index is 11.7. The first kappa shape index (κ1) is 14.4. The molecule has 0 radical (unpaired) electrons. The lowest BCUT2D eigenvalue weighted by Crippen LogP contribution is -2.43. The molecule has 0 unspecified atom stereocenters. The number of carbonyl (C=O) groups is 1. The average molecular weight is 263 g/mol. The zero-order valence-corrected chi connectivity index (χ0v) is 11.7. The Bertz CT molecular complexity index is 331. The van der Waals surface area contributed by atoms with E-state index in [1.165, 1.54) is 25.7 Å². The van der Waals surface area contributed by atoms with Crippen molar-refractivity contribution in [1.29, 1.82) is 0 Å². The Morgan fingerprint density at radius 1 is 1.16 bits per heavy atom. The molecule has 1 saturated heterocycles. The van der Waals surface area contributed by atoms with Crippen LogP contribution < -0.4 is 10.6 Å². The fraction of sp³-hybridized carbons (Fsp3) is 0.800. The molecular weight excluding hydrogens is 238 g/mol. The van der Waals surface area contributed by atoms with E-state index in [4.69, 9.17) is 0 Å². The normalized spacial score (nSPS) is 22.1. The molecule has 4 heteroatoms. The van der Waals surface area contributed by atoms with Gasteiger partial charge in [0.1, 0.15) is 0 Å². The van der Waals surface area contributed by atoms with E-state index in [1.54, 1.807) is 0 Å². The minimum absolute atomic E-state index is 0.0953. The molecule has 0 aromatic rings.